The first-order valence-electron chi connectivity index (χ1n) is 12.1. The Labute approximate surface area is 246 Å². The van der Waals surface area contributed by atoms with Crippen molar-refractivity contribution >= 4 is 72.8 Å². The van der Waals surface area contributed by atoms with Gasteiger partial charge < -0.3 is 25.6 Å². The highest BCUT2D eigenvalue weighted by Gasteiger charge is 2.19. The van der Waals surface area contributed by atoms with Gasteiger partial charge in [0.05, 0.1) is 44.9 Å². The SMILES string of the molecule is CNCCSSCSSCCNC(=O)CN(CCN(CCN(CC(C)=O)CC(=O)OC)CC(=O)O)CC(=O)O. The number of amides is 1. The van der Waals surface area contributed by atoms with Crippen LogP contribution in [0.5, 0.6) is 0 Å². The van der Waals surface area contributed by atoms with Crippen molar-refractivity contribution in [3.05, 3.63) is 0 Å². The maximum Gasteiger partial charge on any atom is 0.319 e. The van der Waals surface area contributed by atoms with Crippen molar-refractivity contribution < 1.29 is 38.9 Å². The molecular formula is C22H41N5O8S4. The largest absolute Gasteiger partial charge is 0.480 e. The first-order valence-corrected chi connectivity index (χ1v) is 17.1. The number of rotatable bonds is 26. The van der Waals surface area contributed by atoms with Gasteiger partial charge in [-0.15, -0.1) is 0 Å². The molecule has 0 aliphatic heterocycles. The summed E-state index contributed by atoms with van der Waals surface area (Å²) in [7, 11) is 10.1. The number of ether oxygens (including phenoxy) is 1. The van der Waals surface area contributed by atoms with E-state index in [1.54, 1.807) is 53.0 Å². The molecule has 0 aromatic heterocycles. The third kappa shape index (κ3) is 24.3. The van der Waals surface area contributed by atoms with Gasteiger partial charge in [-0.1, -0.05) is 43.2 Å². The topological polar surface area (TPSA) is 169 Å². The highest BCUT2D eigenvalue weighted by molar-refractivity contribution is 8.85. The minimum atomic E-state index is -1.10. The lowest BCUT2D eigenvalue weighted by molar-refractivity contribution is -0.143. The van der Waals surface area contributed by atoms with E-state index in [2.05, 4.69) is 15.4 Å². The maximum atomic E-state index is 12.4. The van der Waals surface area contributed by atoms with E-state index in [-0.39, 0.29) is 70.6 Å². The number of hydrogen-bond acceptors (Lipinski definition) is 14. The summed E-state index contributed by atoms with van der Waals surface area (Å²) >= 11 is 0. The summed E-state index contributed by atoms with van der Waals surface area (Å²) in [5, 5.41) is 25.4. The van der Waals surface area contributed by atoms with Gasteiger partial charge in [0, 0.05) is 50.8 Å². The van der Waals surface area contributed by atoms with Crippen LogP contribution in [0.4, 0.5) is 0 Å². The lowest BCUT2D eigenvalue weighted by atomic mass is 10.3. The summed E-state index contributed by atoms with van der Waals surface area (Å²) in [6.45, 7) is 2.62. The number of carbonyl (C=O) groups is 5. The van der Waals surface area contributed by atoms with Crippen LogP contribution in [0.25, 0.3) is 0 Å². The van der Waals surface area contributed by atoms with Crippen LogP contribution in [-0.4, -0.2) is 157 Å². The number of nitrogens with one attached hydrogen (secondary N) is 2. The third-order valence-electron chi connectivity index (χ3n) is 4.78. The van der Waals surface area contributed by atoms with Crippen molar-refractivity contribution in [2.24, 2.45) is 0 Å². The predicted octanol–water partition coefficient (Wildman–Crippen LogP) is -0.120. The molecule has 39 heavy (non-hydrogen) atoms. The first-order chi connectivity index (χ1) is 18.6. The number of nitrogens with zero attached hydrogens (tertiary/aromatic N) is 3. The quantitative estimate of drug-likeness (QED) is 0.0431. The number of methoxy groups -OCH3 is 1. The molecule has 0 rings (SSSR count). The Morgan fingerprint density at radius 1 is 0.718 bits per heavy atom. The average Bonchev–Trinajstić information content (AvgIpc) is 2.85. The van der Waals surface area contributed by atoms with Gasteiger partial charge in [-0.05, 0) is 14.0 Å². The second-order valence-corrected chi connectivity index (χ2v) is 13.7. The molecule has 0 atom stereocenters. The molecule has 0 saturated heterocycles. The summed E-state index contributed by atoms with van der Waals surface area (Å²) in [5.41, 5.74) is 0. The minimum Gasteiger partial charge on any atom is -0.480 e. The lowest BCUT2D eigenvalue weighted by Gasteiger charge is -2.28. The first kappa shape index (κ1) is 37.8. The Morgan fingerprint density at radius 2 is 1.23 bits per heavy atom. The third-order valence-corrected chi connectivity index (χ3v) is 10.4. The van der Waals surface area contributed by atoms with Crippen molar-refractivity contribution in [2.75, 3.05) is 103 Å². The fraction of sp³-hybridized carbons (Fsp3) is 0.773. The van der Waals surface area contributed by atoms with Gasteiger partial charge in [-0.2, -0.15) is 0 Å². The summed E-state index contributed by atoms with van der Waals surface area (Å²) in [6, 6.07) is 0. The van der Waals surface area contributed by atoms with Gasteiger partial charge in [-0.3, -0.25) is 38.7 Å². The van der Waals surface area contributed by atoms with E-state index in [1.165, 1.54) is 18.9 Å². The highest BCUT2D eigenvalue weighted by atomic mass is 33.1. The van der Waals surface area contributed by atoms with E-state index < -0.39 is 17.9 Å². The van der Waals surface area contributed by atoms with Crippen LogP contribution < -0.4 is 10.6 Å². The molecule has 17 heteroatoms. The number of carboxylic acid groups (broad SMARTS) is 2. The van der Waals surface area contributed by atoms with E-state index in [0.29, 0.717) is 12.3 Å². The maximum absolute atomic E-state index is 12.4. The Morgan fingerprint density at radius 3 is 1.74 bits per heavy atom. The number of carbonyl (C=O) groups excluding carboxylic acids is 3. The number of carboxylic acids is 2. The fourth-order valence-electron chi connectivity index (χ4n) is 3.05. The number of Topliss-reactive ketones (excluding diaryl/α,β-unsaturated/α-hetero) is 1. The van der Waals surface area contributed by atoms with E-state index >= 15 is 0 Å². The summed E-state index contributed by atoms with van der Waals surface area (Å²) in [5.74, 6) is -1.41. The van der Waals surface area contributed by atoms with Crippen LogP contribution in [0.15, 0.2) is 0 Å². The van der Waals surface area contributed by atoms with E-state index in [1.807, 2.05) is 7.05 Å². The molecule has 0 heterocycles. The van der Waals surface area contributed by atoms with Crippen molar-refractivity contribution in [3.8, 4) is 0 Å². The smallest absolute Gasteiger partial charge is 0.319 e. The molecule has 1 amide bonds. The Bertz CT molecular complexity index is 753. The minimum absolute atomic E-state index is 0.00654. The molecular weight excluding hydrogens is 591 g/mol. The molecule has 13 nitrogen and oxygen atoms in total. The van der Waals surface area contributed by atoms with Gasteiger partial charge in [0.15, 0.2) is 0 Å². The van der Waals surface area contributed by atoms with Gasteiger partial charge in [0.2, 0.25) is 5.91 Å². The van der Waals surface area contributed by atoms with Crippen LogP contribution in [0.1, 0.15) is 6.92 Å². The zero-order valence-corrected chi connectivity index (χ0v) is 26.0. The lowest BCUT2D eigenvalue weighted by Crippen LogP contribution is -2.46. The number of aliphatic carboxylic acids is 2. The normalized spacial score (nSPS) is 11.2. The molecule has 226 valence electrons. The van der Waals surface area contributed by atoms with E-state index in [9.17, 15) is 34.2 Å². The Kier molecular flexibility index (Phi) is 23.8. The van der Waals surface area contributed by atoms with Gasteiger partial charge in [-0.25, -0.2) is 0 Å². The molecule has 0 bridgehead atoms. The van der Waals surface area contributed by atoms with Crippen molar-refractivity contribution in [2.45, 2.75) is 6.92 Å². The summed E-state index contributed by atoms with van der Waals surface area (Å²) in [6.07, 6.45) is 0. The molecule has 0 aliphatic rings. The second-order valence-electron chi connectivity index (χ2n) is 8.21. The van der Waals surface area contributed by atoms with Crippen molar-refractivity contribution in [1.29, 1.82) is 0 Å². The van der Waals surface area contributed by atoms with E-state index in [4.69, 9.17) is 0 Å². The zero-order valence-electron chi connectivity index (χ0n) is 22.7. The summed E-state index contributed by atoms with van der Waals surface area (Å²) in [4.78, 5) is 62.8. The second kappa shape index (κ2) is 24.6. The standard InChI is InChI=1S/C22H41N5O8S4/c1-18(28)12-26(16-22(34)35-3)8-6-25(14-20(30)31)7-9-27(15-21(32)33)13-19(29)24-5-11-37-39-17-38-36-10-4-23-2/h23H,4-17H2,1-3H3,(H,24,29)(H,30,31)(H,32,33). The van der Waals surface area contributed by atoms with Crippen LogP contribution in [0, 0.1) is 0 Å². The predicted molar refractivity (Wildman–Crippen MR) is 159 cm³/mol. The molecule has 0 saturated carbocycles. The van der Waals surface area contributed by atoms with Gasteiger partial charge >= 0.3 is 17.9 Å². The molecule has 0 fully saturated rings. The molecule has 0 aromatic carbocycles. The molecule has 0 aliphatic carbocycles. The molecule has 0 spiro atoms. The average molecular weight is 632 g/mol. The van der Waals surface area contributed by atoms with Crippen molar-refractivity contribution in [1.82, 2.24) is 25.3 Å². The van der Waals surface area contributed by atoms with Gasteiger partial charge in [0.1, 0.15) is 5.78 Å². The number of esters is 1. The van der Waals surface area contributed by atoms with Crippen LogP contribution in [0.3, 0.4) is 0 Å². The van der Waals surface area contributed by atoms with Gasteiger partial charge in [0.25, 0.3) is 0 Å². The molecule has 0 unspecified atom stereocenters. The van der Waals surface area contributed by atoms with Crippen LogP contribution in [-0.2, 0) is 28.7 Å². The molecule has 0 radical (unpaired) electrons. The van der Waals surface area contributed by atoms with Crippen LogP contribution >= 0.6 is 43.2 Å². The highest BCUT2D eigenvalue weighted by Crippen LogP contribution is 2.31. The Balaban J connectivity index is 4.66. The monoisotopic (exact) mass is 631 g/mol. The number of ketones is 1. The summed E-state index contributed by atoms with van der Waals surface area (Å²) < 4.78 is 4.65. The zero-order chi connectivity index (χ0) is 29.5. The van der Waals surface area contributed by atoms with E-state index in [0.717, 1.165) is 17.4 Å². The number of hydrogen-bond donors (Lipinski definition) is 4. The van der Waals surface area contributed by atoms with Crippen molar-refractivity contribution in [3.63, 3.8) is 0 Å². The Hall–Kier alpha value is -1.21. The molecule has 4 N–H and O–H groups in total. The fourth-order valence-corrected chi connectivity index (χ4v) is 8.30. The molecule has 0 aromatic rings. The van der Waals surface area contributed by atoms with Crippen LogP contribution in [0.2, 0.25) is 0 Å².